The molecule has 0 bridgehead atoms. The first-order valence-electron chi connectivity index (χ1n) is 11.1. The van der Waals surface area contributed by atoms with Crippen molar-refractivity contribution in [3.8, 4) is 11.5 Å². The fourth-order valence-corrected chi connectivity index (χ4v) is 2.91. The third-order valence-electron chi connectivity index (χ3n) is 5.04. The number of ether oxygens (including phenoxy) is 2. The lowest BCUT2D eigenvalue weighted by Gasteiger charge is -2.26. The summed E-state index contributed by atoms with van der Waals surface area (Å²) in [6.07, 6.45) is 1.17. The van der Waals surface area contributed by atoms with Gasteiger partial charge in [0.05, 0.1) is 0 Å². The van der Waals surface area contributed by atoms with Crippen molar-refractivity contribution in [2.75, 3.05) is 13.2 Å². The summed E-state index contributed by atoms with van der Waals surface area (Å²) in [6, 6.07) is 15.6. The Bertz CT molecular complexity index is 900. The Morgan fingerprint density at radius 1 is 0.743 bits per heavy atom. The predicted octanol–water partition coefficient (Wildman–Crippen LogP) is 4.87. The summed E-state index contributed by atoms with van der Waals surface area (Å²) in [7, 11) is 0. The highest BCUT2D eigenvalue weighted by molar-refractivity contribution is 5.80. The van der Waals surface area contributed by atoms with Crippen molar-refractivity contribution in [1.82, 2.24) is 0 Å². The molecule has 0 saturated carbocycles. The maximum atomic E-state index is 11.0. The van der Waals surface area contributed by atoms with Gasteiger partial charge in [0.2, 0.25) is 0 Å². The number of carbonyl (C=O) groups is 2. The van der Waals surface area contributed by atoms with Gasteiger partial charge in [-0.25, -0.2) is 9.59 Å². The largest absolute Gasteiger partial charge is 0.491 e. The molecule has 0 N–H and O–H groups in total. The SMILES string of the molecule is C=CC(=O)OOC(C)COc1ccc(C(C)(C)c2ccc(OCC(C)OOC(=O)C=C)cc2)cc1. The lowest BCUT2D eigenvalue weighted by atomic mass is 9.78. The van der Waals surface area contributed by atoms with E-state index in [0.717, 1.165) is 23.3 Å². The minimum atomic E-state index is -0.654. The molecular formula is C27H32O8. The normalized spacial score (nSPS) is 12.7. The Morgan fingerprint density at radius 3 is 1.40 bits per heavy atom. The van der Waals surface area contributed by atoms with Gasteiger partial charge in [-0.05, 0) is 49.2 Å². The second-order valence-corrected chi connectivity index (χ2v) is 8.32. The zero-order valence-electron chi connectivity index (χ0n) is 20.5. The molecule has 0 spiro atoms. The second kappa shape index (κ2) is 13.3. The monoisotopic (exact) mass is 484 g/mol. The molecule has 0 radical (unpaired) electrons. The molecule has 2 atom stereocenters. The van der Waals surface area contributed by atoms with Crippen LogP contribution < -0.4 is 9.47 Å². The lowest BCUT2D eigenvalue weighted by Crippen LogP contribution is -2.21. The number of benzene rings is 2. The van der Waals surface area contributed by atoms with E-state index in [2.05, 4.69) is 36.8 Å². The molecule has 188 valence electrons. The molecule has 0 aliphatic rings. The first kappa shape index (κ1) is 27.6. The zero-order valence-corrected chi connectivity index (χ0v) is 20.5. The Kier molecular flexibility index (Phi) is 10.5. The topological polar surface area (TPSA) is 89.5 Å². The highest BCUT2D eigenvalue weighted by atomic mass is 17.2. The van der Waals surface area contributed by atoms with E-state index < -0.39 is 24.1 Å². The number of hydrogen-bond acceptors (Lipinski definition) is 8. The van der Waals surface area contributed by atoms with Gasteiger partial charge in [-0.2, -0.15) is 9.78 Å². The standard InChI is InChI=1S/C27H32O8/c1-7-25(28)34-32-19(3)17-30-23-13-9-21(10-14-23)27(5,6)22-11-15-24(16-12-22)31-18-20(4)33-35-26(29)8-2/h7-16,19-20H,1-2,17-18H2,3-6H3. The molecule has 2 rings (SSSR count). The maximum Gasteiger partial charge on any atom is 0.365 e. The summed E-state index contributed by atoms with van der Waals surface area (Å²) < 4.78 is 11.4. The Balaban J connectivity index is 1.89. The fraction of sp³-hybridized carbons (Fsp3) is 0.333. The van der Waals surface area contributed by atoms with Gasteiger partial charge < -0.3 is 9.47 Å². The smallest absolute Gasteiger partial charge is 0.365 e. The molecule has 0 heterocycles. The molecule has 8 nitrogen and oxygen atoms in total. The molecule has 0 aromatic heterocycles. The van der Waals surface area contributed by atoms with Crippen LogP contribution in [0, 0.1) is 0 Å². The average molecular weight is 485 g/mol. The quantitative estimate of drug-likeness (QED) is 0.213. The molecule has 2 aromatic rings. The first-order valence-corrected chi connectivity index (χ1v) is 11.1. The number of carbonyl (C=O) groups excluding carboxylic acids is 2. The van der Waals surface area contributed by atoms with Crippen molar-refractivity contribution in [2.45, 2.75) is 45.3 Å². The van der Waals surface area contributed by atoms with Gasteiger partial charge in [-0.3, -0.25) is 9.78 Å². The minimum absolute atomic E-state index is 0.217. The molecule has 0 aliphatic carbocycles. The van der Waals surface area contributed by atoms with Crippen molar-refractivity contribution in [3.05, 3.63) is 85.0 Å². The summed E-state index contributed by atoms with van der Waals surface area (Å²) in [6.45, 7) is 14.8. The molecule has 0 saturated heterocycles. The number of rotatable bonds is 14. The maximum absolute atomic E-state index is 11.0. The predicted molar refractivity (Wildman–Crippen MR) is 130 cm³/mol. The fourth-order valence-electron chi connectivity index (χ4n) is 2.91. The van der Waals surface area contributed by atoms with Gasteiger partial charge in [-0.15, -0.1) is 0 Å². The van der Waals surface area contributed by atoms with E-state index in [0.29, 0.717) is 11.5 Å². The Hall–Kier alpha value is -3.62. The van der Waals surface area contributed by atoms with Gasteiger partial charge in [-0.1, -0.05) is 51.3 Å². The van der Waals surface area contributed by atoms with Crippen LogP contribution >= 0.6 is 0 Å². The van der Waals surface area contributed by atoms with Crippen LogP contribution in [-0.4, -0.2) is 37.4 Å². The van der Waals surface area contributed by atoms with Crippen LogP contribution in [0.15, 0.2) is 73.8 Å². The highest BCUT2D eigenvalue weighted by Gasteiger charge is 2.23. The van der Waals surface area contributed by atoms with Gasteiger partial charge in [0, 0.05) is 17.6 Å². The van der Waals surface area contributed by atoms with Gasteiger partial charge in [0.15, 0.2) is 0 Å². The van der Waals surface area contributed by atoms with Crippen molar-refractivity contribution in [2.24, 2.45) is 0 Å². The van der Waals surface area contributed by atoms with Crippen molar-refractivity contribution >= 4 is 11.9 Å². The molecular weight excluding hydrogens is 452 g/mol. The molecule has 2 unspecified atom stereocenters. The van der Waals surface area contributed by atoms with Crippen LogP contribution in [0.3, 0.4) is 0 Å². The van der Waals surface area contributed by atoms with Crippen LogP contribution in [-0.2, 0) is 34.6 Å². The summed E-state index contributed by atoms with van der Waals surface area (Å²) in [5.74, 6) is 0.0408. The summed E-state index contributed by atoms with van der Waals surface area (Å²) in [4.78, 5) is 41.0. The third-order valence-corrected chi connectivity index (χ3v) is 5.04. The van der Waals surface area contributed by atoms with Crippen LogP contribution in [0.1, 0.15) is 38.8 Å². The van der Waals surface area contributed by atoms with E-state index in [-0.39, 0.29) is 18.6 Å². The molecule has 0 aliphatic heterocycles. The minimum Gasteiger partial charge on any atom is -0.491 e. The van der Waals surface area contributed by atoms with Gasteiger partial charge in [0.25, 0.3) is 0 Å². The highest BCUT2D eigenvalue weighted by Crippen LogP contribution is 2.33. The summed E-state index contributed by atoms with van der Waals surface area (Å²) in [5.41, 5.74) is 1.95. The Labute approximate surface area is 205 Å². The van der Waals surface area contributed by atoms with Gasteiger partial charge >= 0.3 is 11.9 Å². The third kappa shape index (κ3) is 8.92. The van der Waals surface area contributed by atoms with Crippen molar-refractivity contribution in [1.29, 1.82) is 0 Å². The molecule has 2 aromatic carbocycles. The molecule has 0 amide bonds. The van der Waals surface area contributed by atoms with E-state index in [4.69, 9.17) is 19.2 Å². The Morgan fingerprint density at radius 2 is 1.09 bits per heavy atom. The summed E-state index contributed by atoms with van der Waals surface area (Å²) in [5, 5.41) is 0. The first-order chi connectivity index (χ1) is 16.6. The van der Waals surface area contributed by atoms with E-state index in [1.165, 1.54) is 0 Å². The lowest BCUT2D eigenvalue weighted by molar-refractivity contribution is -0.293. The van der Waals surface area contributed by atoms with Crippen LogP contribution in [0.5, 0.6) is 11.5 Å². The average Bonchev–Trinajstić information content (AvgIpc) is 2.88. The van der Waals surface area contributed by atoms with Gasteiger partial charge in [0.1, 0.15) is 36.9 Å². The number of hydrogen-bond donors (Lipinski definition) is 0. The summed E-state index contributed by atoms with van der Waals surface area (Å²) >= 11 is 0. The van der Waals surface area contributed by atoms with Crippen molar-refractivity contribution < 1.29 is 38.6 Å². The van der Waals surface area contributed by atoms with E-state index in [9.17, 15) is 9.59 Å². The molecule has 8 heteroatoms. The van der Waals surface area contributed by atoms with E-state index >= 15 is 0 Å². The second-order valence-electron chi connectivity index (χ2n) is 8.32. The van der Waals surface area contributed by atoms with Crippen molar-refractivity contribution in [3.63, 3.8) is 0 Å². The zero-order chi connectivity index (χ0) is 25.8. The molecule has 0 fully saturated rings. The van der Waals surface area contributed by atoms with Crippen LogP contribution in [0.25, 0.3) is 0 Å². The van der Waals surface area contributed by atoms with E-state index in [1.807, 2.05) is 48.5 Å². The molecule has 35 heavy (non-hydrogen) atoms. The van der Waals surface area contributed by atoms with Crippen LogP contribution in [0.2, 0.25) is 0 Å². The van der Waals surface area contributed by atoms with Crippen LogP contribution in [0.4, 0.5) is 0 Å². The van der Waals surface area contributed by atoms with E-state index in [1.54, 1.807) is 13.8 Å².